The number of methoxy groups -OCH3 is 1. The van der Waals surface area contributed by atoms with Gasteiger partial charge in [0, 0.05) is 5.56 Å². The summed E-state index contributed by atoms with van der Waals surface area (Å²) in [6.45, 7) is 4.78. The lowest BCUT2D eigenvalue weighted by Gasteiger charge is -2.18. The van der Waals surface area contributed by atoms with Crippen LogP contribution in [0.2, 0.25) is 0 Å². The van der Waals surface area contributed by atoms with Gasteiger partial charge < -0.3 is 9.84 Å². The van der Waals surface area contributed by atoms with E-state index in [4.69, 9.17) is 4.74 Å². The van der Waals surface area contributed by atoms with E-state index >= 15 is 0 Å². The lowest BCUT2D eigenvalue weighted by molar-refractivity contribution is 0.164. The first-order chi connectivity index (χ1) is 10.7. The molecule has 1 atom stereocenters. The maximum Gasteiger partial charge on any atom is 0.176 e. The third kappa shape index (κ3) is 3.20. The average molecular weight is 324 g/mol. The minimum atomic E-state index is -1.27. The van der Waals surface area contributed by atoms with Gasteiger partial charge in [0.1, 0.15) is 0 Å². The molecule has 1 aromatic rings. The largest absolute Gasteiger partial charge is 0.493 e. The number of aliphatic hydroxyl groups is 1. The molecule has 0 heterocycles. The molecule has 1 aromatic carbocycles. The Kier molecular flexibility index (Phi) is 4.71. The molecule has 1 unspecified atom stereocenters. The second-order valence-corrected chi connectivity index (χ2v) is 5.96. The average Bonchev–Trinajstić information content (AvgIpc) is 2.63. The van der Waals surface area contributed by atoms with Crippen LogP contribution in [0.4, 0.5) is 13.2 Å². The van der Waals surface area contributed by atoms with Crippen LogP contribution in [0.5, 0.6) is 5.75 Å². The zero-order valence-electron chi connectivity index (χ0n) is 13.5. The second kappa shape index (κ2) is 6.24. The first-order valence-electron chi connectivity index (χ1n) is 7.25. The summed E-state index contributed by atoms with van der Waals surface area (Å²) in [6.07, 6.45) is 7.07. The summed E-state index contributed by atoms with van der Waals surface area (Å²) in [5, 5.41) is 9.94. The number of allylic oxidation sites excluding steroid dienone is 4. The molecule has 2 nitrogen and oxygen atoms in total. The molecule has 0 saturated heterocycles. The molecule has 0 bridgehead atoms. The van der Waals surface area contributed by atoms with Gasteiger partial charge in [-0.15, -0.1) is 0 Å². The van der Waals surface area contributed by atoms with Gasteiger partial charge in [-0.1, -0.05) is 32.1 Å². The van der Waals surface area contributed by atoms with Crippen molar-refractivity contribution < 1.29 is 23.0 Å². The van der Waals surface area contributed by atoms with Crippen LogP contribution in [0.15, 0.2) is 30.4 Å². The Morgan fingerprint density at radius 3 is 2.30 bits per heavy atom. The van der Waals surface area contributed by atoms with Crippen molar-refractivity contribution in [3.8, 4) is 5.75 Å². The third-order valence-corrected chi connectivity index (χ3v) is 3.69. The van der Waals surface area contributed by atoms with Crippen molar-refractivity contribution in [3.05, 3.63) is 59.0 Å². The lowest BCUT2D eigenvalue weighted by atomic mass is 9.94. The van der Waals surface area contributed by atoms with Crippen molar-refractivity contribution >= 4 is 5.57 Å². The molecule has 0 amide bonds. The van der Waals surface area contributed by atoms with Crippen LogP contribution in [-0.4, -0.2) is 17.8 Å². The van der Waals surface area contributed by atoms with Gasteiger partial charge in [-0.05, 0) is 30.6 Å². The quantitative estimate of drug-likeness (QED) is 0.830. The van der Waals surface area contributed by atoms with E-state index < -0.39 is 34.5 Å². The second-order valence-electron chi connectivity index (χ2n) is 5.96. The standard InChI is InChI=1S/C18H19F3O2/c1-10(2)12-14(19)15(20)13(16(21)17(12)23-4)11-6-5-8-18(3,22)9-7-11/h5-10,22H,1-4H3. The Morgan fingerprint density at radius 1 is 1.09 bits per heavy atom. The highest BCUT2D eigenvalue weighted by molar-refractivity contribution is 5.78. The van der Waals surface area contributed by atoms with E-state index in [-0.39, 0.29) is 16.9 Å². The van der Waals surface area contributed by atoms with Crippen LogP contribution in [0.3, 0.4) is 0 Å². The van der Waals surface area contributed by atoms with Gasteiger partial charge >= 0.3 is 0 Å². The minimum absolute atomic E-state index is 0.113. The lowest BCUT2D eigenvalue weighted by Crippen LogP contribution is -2.15. The summed E-state index contributed by atoms with van der Waals surface area (Å²) in [5.41, 5.74) is -1.78. The summed E-state index contributed by atoms with van der Waals surface area (Å²) in [4.78, 5) is 0. The summed E-state index contributed by atoms with van der Waals surface area (Å²) in [6, 6.07) is 0. The molecule has 0 saturated carbocycles. The summed E-state index contributed by atoms with van der Waals surface area (Å²) in [5.74, 6) is -4.09. The fourth-order valence-electron chi connectivity index (χ4n) is 2.51. The van der Waals surface area contributed by atoms with Crippen LogP contribution in [-0.2, 0) is 0 Å². The summed E-state index contributed by atoms with van der Waals surface area (Å²) < 4.78 is 48.6. The number of halogens is 3. The molecule has 0 aliphatic heterocycles. The van der Waals surface area contributed by atoms with Crippen molar-refractivity contribution in [3.63, 3.8) is 0 Å². The Labute approximate surface area is 133 Å². The molecular weight excluding hydrogens is 305 g/mol. The number of hydrogen-bond donors (Lipinski definition) is 1. The van der Waals surface area contributed by atoms with Gasteiger partial charge in [0.05, 0.1) is 18.3 Å². The highest BCUT2D eigenvalue weighted by Crippen LogP contribution is 2.39. The van der Waals surface area contributed by atoms with Crippen molar-refractivity contribution in [2.75, 3.05) is 7.11 Å². The maximum atomic E-state index is 14.8. The third-order valence-electron chi connectivity index (χ3n) is 3.69. The van der Waals surface area contributed by atoms with Crippen molar-refractivity contribution in [2.24, 2.45) is 0 Å². The number of hydrogen-bond acceptors (Lipinski definition) is 2. The van der Waals surface area contributed by atoms with E-state index in [1.165, 1.54) is 44.4 Å². The van der Waals surface area contributed by atoms with Crippen LogP contribution in [0.1, 0.15) is 37.8 Å². The van der Waals surface area contributed by atoms with E-state index in [2.05, 4.69) is 0 Å². The van der Waals surface area contributed by atoms with Gasteiger partial charge in [-0.3, -0.25) is 0 Å². The first-order valence-corrected chi connectivity index (χ1v) is 7.25. The zero-order valence-corrected chi connectivity index (χ0v) is 13.5. The van der Waals surface area contributed by atoms with E-state index in [1.54, 1.807) is 13.8 Å². The van der Waals surface area contributed by atoms with E-state index in [0.29, 0.717) is 0 Å². The van der Waals surface area contributed by atoms with Gasteiger partial charge in [-0.2, -0.15) is 0 Å². The molecule has 0 aromatic heterocycles. The van der Waals surface area contributed by atoms with E-state index in [9.17, 15) is 18.3 Å². The molecule has 1 aliphatic rings. The molecular formula is C18H19F3O2. The van der Waals surface area contributed by atoms with Crippen molar-refractivity contribution in [1.29, 1.82) is 0 Å². The SMILES string of the molecule is COc1c(F)c(C2=CC=CC(C)(O)C=C2)c(F)c(F)c1C(C)C. The van der Waals surface area contributed by atoms with Gasteiger partial charge in [0.25, 0.3) is 0 Å². The Hall–Kier alpha value is -2.01. The van der Waals surface area contributed by atoms with Crippen molar-refractivity contribution in [1.82, 2.24) is 0 Å². The molecule has 5 heteroatoms. The highest BCUT2D eigenvalue weighted by Gasteiger charge is 2.28. The number of ether oxygens (including phenoxy) is 1. The Bertz CT molecular complexity index is 714. The molecule has 0 radical (unpaired) electrons. The molecule has 0 spiro atoms. The zero-order chi connectivity index (χ0) is 17.4. The van der Waals surface area contributed by atoms with E-state index in [0.717, 1.165) is 0 Å². The van der Waals surface area contributed by atoms with Crippen LogP contribution in [0, 0.1) is 17.5 Å². The van der Waals surface area contributed by atoms with Gasteiger partial charge in [-0.25, -0.2) is 13.2 Å². The Morgan fingerprint density at radius 2 is 1.74 bits per heavy atom. The van der Waals surface area contributed by atoms with Gasteiger partial charge in [0.2, 0.25) is 0 Å². The van der Waals surface area contributed by atoms with Crippen LogP contribution < -0.4 is 4.74 Å². The number of rotatable bonds is 3. The Balaban J connectivity index is 2.73. The molecule has 1 N–H and O–H groups in total. The van der Waals surface area contributed by atoms with Gasteiger partial charge in [0.15, 0.2) is 23.2 Å². The maximum absolute atomic E-state index is 14.8. The predicted octanol–water partition coefficient (Wildman–Crippen LogP) is 4.50. The topological polar surface area (TPSA) is 29.5 Å². The highest BCUT2D eigenvalue weighted by atomic mass is 19.2. The summed E-state index contributed by atoms with van der Waals surface area (Å²) in [7, 11) is 1.22. The first kappa shape index (κ1) is 17.3. The monoisotopic (exact) mass is 324 g/mol. The normalized spacial score (nSPS) is 20.7. The van der Waals surface area contributed by atoms with E-state index in [1.807, 2.05) is 0 Å². The smallest absolute Gasteiger partial charge is 0.176 e. The predicted molar refractivity (Wildman–Crippen MR) is 83.8 cm³/mol. The molecule has 0 fully saturated rings. The molecule has 1 aliphatic carbocycles. The van der Waals surface area contributed by atoms with Crippen LogP contribution in [0.25, 0.3) is 5.57 Å². The fraction of sp³-hybridized carbons (Fsp3) is 0.333. The number of benzene rings is 1. The molecule has 124 valence electrons. The van der Waals surface area contributed by atoms with Crippen molar-refractivity contribution in [2.45, 2.75) is 32.3 Å². The molecule has 23 heavy (non-hydrogen) atoms. The summed E-state index contributed by atoms with van der Waals surface area (Å²) >= 11 is 0. The fourth-order valence-corrected chi connectivity index (χ4v) is 2.51. The minimum Gasteiger partial charge on any atom is -0.493 e. The molecule has 2 rings (SSSR count). The van der Waals surface area contributed by atoms with Crippen LogP contribution >= 0.6 is 0 Å².